The van der Waals surface area contributed by atoms with E-state index in [9.17, 15) is 9.59 Å². The molecule has 0 bridgehead atoms. The second-order valence-corrected chi connectivity index (χ2v) is 2.59. The molecule has 0 aliphatic rings. The zero-order chi connectivity index (χ0) is 10.8. The van der Waals surface area contributed by atoms with E-state index < -0.39 is 11.9 Å². The maximum atomic E-state index is 10.5. The van der Waals surface area contributed by atoms with Gasteiger partial charge in [-0.3, -0.25) is 4.79 Å². The van der Waals surface area contributed by atoms with Gasteiger partial charge in [0.05, 0.1) is 13.2 Å². The number of ketones is 1. The van der Waals surface area contributed by atoms with Crippen molar-refractivity contribution < 1.29 is 14.3 Å². The van der Waals surface area contributed by atoms with Crippen LogP contribution in [0.4, 0.5) is 4.79 Å². The molecular weight excluding hydrogens is 186 g/mol. The summed E-state index contributed by atoms with van der Waals surface area (Å²) < 4.78 is 4.48. The summed E-state index contributed by atoms with van der Waals surface area (Å²) in [6.45, 7) is 0.950. The van der Waals surface area contributed by atoms with Gasteiger partial charge in [-0.25, -0.2) is 4.79 Å². The van der Waals surface area contributed by atoms with Crippen molar-refractivity contribution in [3.8, 4) is 6.07 Å². The Morgan fingerprint density at radius 3 is 2.71 bits per heavy atom. The van der Waals surface area contributed by atoms with E-state index in [1.165, 1.54) is 6.07 Å². The highest BCUT2D eigenvalue weighted by Crippen LogP contribution is 1.88. The average molecular weight is 199 g/mol. The van der Waals surface area contributed by atoms with E-state index in [2.05, 4.69) is 10.1 Å². The van der Waals surface area contributed by atoms with Crippen molar-refractivity contribution in [2.24, 2.45) is 5.73 Å². The minimum atomic E-state index is -0.780. The first kappa shape index (κ1) is 12.4. The maximum Gasteiger partial charge on any atom is 0.404 e. The molecule has 0 aliphatic heterocycles. The highest BCUT2D eigenvalue weighted by atomic mass is 16.5. The maximum absolute atomic E-state index is 10.5. The van der Waals surface area contributed by atoms with Gasteiger partial charge in [-0.05, 0) is 19.4 Å². The molecule has 0 rings (SSSR count). The summed E-state index contributed by atoms with van der Waals surface area (Å²) in [5.41, 5.74) is 4.73. The number of hydrogen-bond donors (Lipinski definition) is 2. The second-order valence-electron chi connectivity index (χ2n) is 2.59. The molecule has 0 aromatic rings. The SMILES string of the molecule is N#CC(=O)CNCCCCOC(N)=O. The predicted molar refractivity (Wildman–Crippen MR) is 48.3 cm³/mol. The number of hydrogen-bond acceptors (Lipinski definition) is 5. The first-order chi connectivity index (χ1) is 6.66. The quantitative estimate of drug-likeness (QED) is 0.426. The number of unbranched alkanes of at least 4 members (excludes halogenated alkanes) is 1. The fourth-order valence-corrected chi connectivity index (χ4v) is 0.766. The molecule has 0 heterocycles. The van der Waals surface area contributed by atoms with Gasteiger partial charge < -0.3 is 15.8 Å². The molecule has 3 N–H and O–H groups in total. The van der Waals surface area contributed by atoms with Gasteiger partial charge in [0.1, 0.15) is 6.07 Å². The molecule has 0 aromatic carbocycles. The molecule has 0 fully saturated rings. The third-order valence-corrected chi connectivity index (χ3v) is 1.40. The van der Waals surface area contributed by atoms with Crippen LogP contribution in [0, 0.1) is 11.3 Å². The number of nitrogens with one attached hydrogen (secondary N) is 1. The summed E-state index contributed by atoms with van der Waals surface area (Å²) in [5.74, 6) is -0.488. The highest BCUT2D eigenvalue weighted by Gasteiger charge is 1.97. The Labute approximate surface area is 82.0 Å². The lowest BCUT2D eigenvalue weighted by molar-refractivity contribution is -0.113. The monoisotopic (exact) mass is 199 g/mol. The smallest absolute Gasteiger partial charge is 0.404 e. The van der Waals surface area contributed by atoms with E-state index in [0.29, 0.717) is 13.0 Å². The van der Waals surface area contributed by atoms with Crippen molar-refractivity contribution in [2.75, 3.05) is 19.7 Å². The van der Waals surface area contributed by atoms with Gasteiger partial charge in [0.15, 0.2) is 0 Å². The molecule has 0 aliphatic carbocycles. The summed E-state index contributed by atoms with van der Waals surface area (Å²) in [6, 6.07) is 1.49. The van der Waals surface area contributed by atoms with E-state index in [0.717, 1.165) is 6.42 Å². The summed E-state index contributed by atoms with van der Waals surface area (Å²) in [7, 11) is 0. The molecule has 0 spiro atoms. The number of carbonyl (C=O) groups excluding carboxylic acids is 2. The van der Waals surface area contributed by atoms with E-state index >= 15 is 0 Å². The van der Waals surface area contributed by atoms with Crippen LogP contribution in [0.2, 0.25) is 0 Å². The van der Waals surface area contributed by atoms with Crippen LogP contribution in [0.5, 0.6) is 0 Å². The van der Waals surface area contributed by atoms with Crippen LogP contribution >= 0.6 is 0 Å². The van der Waals surface area contributed by atoms with Crippen LogP contribution < -0.4 is 11.1 Å². The Kier molecular flexibility index (Phi) is 7.09. The highest BCUT2D eigenvalue weighted by molar-refractivity contribution is 5.94. The molecule has 0 saturated carbocycles. The molecule has 6 nitrogen and oxygen atoms in total. The van der Waals surface area contributed by atoms with Gasteiger partial charge in [-0.2, -0.15) is 5.26 Å². The lowest BCUT2D eigenvalue weighted by Gasteiger charge is -2.01. The van der Waals surface area contributed by atoms with Gasteiger partial charge in [0.2, 0.25) is 5.78 Å². The summed E-state index contributed by atoms with van der Waals surface area (Å²) in [5, 5.41) is 10.9. The number of nitrogens with zero attached hydrogens (tertiary/aromatic N) is 1. The zero-order valence-corrected chi connectivity index (χ0v) is 7.78. The number of nitriles is 1. The molecule has 78 valence electrons. The van der Waals surface area contributed by atoms with E-state index in [-0.39, 0.29) is 13.2 Å². The van der Waals surface area contributed by atoms with Gasteiger partial charge in [-0.1, -0.05) is 0 Å². The molecule has 0 atom stereocenters. The van der Waals surface area contributed by atoms with Crippen molar-refractivity contribution in [2.45, 2.75) is 12.8 Å². The molecule has 0 aromatic heterocycles. The van der Waals surface area contributed by atoms with E-state index in [4.69, 9.17) is 11.0 Å². The molecule has 0 saturated heterocycles. The van der Waals surface area contributed by atoms with Crippen LogP contribution in [-0.4, -0.2) is 31.6 Å². The number of carbonyl (C=O) groups is 2. The van der Waals surface area contributed by atoms with Crippen LogP contribution in [0.1, 0.15) is 12.8 Å². The van der Waals surface area contributed by atoms with Crippen LogP contribution in [-0.2, 0) is 9.53 Å². The summed E-state index contributed by atoms with van der Waals surface area (Å²) >= 11 is 0. The Morgan fingerprint density at radius 2 is 2.14 bits per heavy atom. The Morgan fingerprint density at radius 1 is 1.43 bits per heavy atom. The number of rotatable bonds is 7. The largest absolute Gasteiger partial charge is 0.450 e. The third kappa shape index (κ3) is 8.49. The van der Waals surface area contributed by atoms with Gasteiger partial charge >= 0.3 is 6.09 Å². The standard InChI is InChI=1S/C8H13N3O3/c9-5-7(12)6-11-3-1-2-4-14-8(10)13/h11H,1-4,6H2,(H2,10,13). The van der Waals surface area contributed by atoms with Crippen LogP contribution in [0.25, 0.3) is 0 Å². The minimum Gasteiger partial charge on any atom is -0.450 e. The fourth-order valence-electron chi connectivity index (χ4n) is 0.766. The van der Waals surface area contributed by atoms with Crippen molar-refractivity contribution in [1.29, 1.82) is 5.26 Å². The third-order valence-electron chi connectivity index (χ3n) is 1.40. The Bertz CT molecular complexity index is 234. The number of ether oxygens (including phenoxy) is 1. The van der Waals surface area contributed by atoms with Crippen molar-refractivity contribution in [1.82, 2.24) is 5.32 Å². The minimum absolute atomic E-state index is 0.0627. The molecule has 0 radical (unpaired) electrons. The van der Waals surface area contributed by atoms with Crippen LogP contribution in [0.3, 0.4) is 0 Å². The number of primary amides is 1. The number of amides is 1. The molecule has 14 heavy (non-hydrogen) atoms. The first-order valence-electron chi connectivity index (χ1n) is 4.22. The first-order valence-corrected chi connectivity index (χ1v) is 4.22. The fraction of sp³-hybridized carbons (Fsp3) is 0.625. The topological polar surface area (TPSA) is 105 Å². The van der Waals surface area contributed by atoms with Crippen molar-refractivity contribution in [3.63, 3.8) is 0 Å². The predicted octanol–water partition coefficient (Wildman–Crippen LogP) is -0.456. The molecule has 6 heteroatoms. The lowest BCUT2D eigenvalue weighted by atomic mass is 10.3. The van der Waals surface area contributed by atoms with Gasteiger partial charge in [0.25, 0.3) is 0 Å². The van der Waals surface area contributed by atoms with Gasteiger partial charge in [-0.15, -0.1) is 0 Å². The molecule has 0 unspecified atom stereocenters. The van der Waals surface area contributed by atoms with Crippen molar-refractivity contribution >= 4 is 11.9 Å². The Hall–Kier alpha value is -1.61. The summed E-state index contributed by atoms with van der Waals surface area (Å²) in [4.78, 5) is 20.6. The van der Waals surface area contributed by atoms with Gasteiger partial charge in [0, 0.05) is 0 Å². The van der Waals surface area contributed by atoms with E-state index in [1.807, 2.05) is 0 Å². The van der Waals surface area contributed by atoms with Crippen molar-refractivity contribution in [3.05, 3.63) is 0 Å². The zero-order valence-electron chi connectivity index (χ0n) is 7.78. The normalized spacial score (nSPS) is 9.07. The Balaban J connectivity index is 3.11. The molecular formula is C8H13N3O3. The molecule has 1 amide bonds. The second kappa shape index (κ2) is 8.01. The van der Waals surface area contributed by atoms with Crippen LogP contribution in [0.15, 0.2) is 0 Å². The summed E-state index contributed by atoms with van der Waals surface area (Å²) in [6.07, 6.45) is 0.653. The lowest BCUT2D eigenvalue weighted by Crippen LogP contribution is -2.23. The number of Topliss-reactive ketones (excluding diaryl/α,β-unsaturated/α-hetero) is 1. The number of nitrogens with two attached hydrogens (primary N) is 1. The average Bonchev–Trinajstić information content (AvgIpc) is 2.15. The van der Waals surface area contributed by atoms with E-state index in [1.54, 1.807) is 0 Å².